The minimum atomic E-state index is -0.639. The third kappa shape index (κ3) is 3.88. The molecule has 0 aliphatic rings. The van der Waals surface area contributed by atoms with Crippen LogP contribution in [0.1, 0.15) is 20.8 Å². The Kier molecular flexibility index (Phi) is 5.16. The molecule has 3 rings (SSSR count). The molecule has 0 bridgehead atoms. The molecule has 1 aromatic heterocycles. The summed E-state index contributed by atoms with van der Waals surface area (Å²) in [4.78, 5) is 36.0. The standard InChI is InChI=1S/C19H15FN4O4/c1-28-15-10-16(25)24(14-8-4-12(20)5-9-14)23-17(15)19(27)22-13-6-2-11(3-7-13)18(21)26/h2-10H,1H3,(H2,21,26)(H,22,27). The zero-order valence-electron chi connectivity index (χ0n) is 14.7. The summed E-state index contributed by atoms with van der Waals surface area (Å²) in [6.45, 7) is 0. The molecule has 0 aliphatic heterocycles. The number of nitrogens with two attached hydrogens (primary N) is 1. The largest absolute Gasteiger partial charge is 0.494 e. The Labute approximate surface area is 158 Å². The van der Waals surface area contributed by atoms with Crippen molar-refractivity contribution in [3.05, 3.63) is 82.0 Å². The van der Waals surface area contributed by atoms with Crippen molar-refractivity contribution in [2.24, 2.45) is 5.73 Å². The van der Waals surface area contributed by atoms with Crippen molar-refractivity contribution >= 4 is 17.5 Å². The Balaban J connectivity index is 1.96. The number of methoxy groups -OCH3 is 1. The quantitative estimate of drug-likeness (QED) is 0.697. The minimum Gasteiger partial charge on any atom is -0.494 e. The monoisotopic (exact) mass is 382 g/mol. The smallest absolute Gasteiger partial charge is 0.279 e. The molecule has 3 aromatic rings. The third-order valence-corrected chi connectivity index (χ3v) is 3.83. The maximum absolute atomic E-state index is 13.1. The van der Waals surface area contributed by atoms with Crippen LogP contribution in [0.2, 0.25) is 0 Å². The van der Waals surface area contributed by atoms with Gasteiger partial charge in [-0.2, -0.15) is 9.78 Å². The molecule has 2 aromatic carbocycles. The van der Waals surface area contributed by atoms with Crippen molar-refractivity contribution < 1.29 is 18.7 Å². The van der Waals surface area contributed by atoms with Crippen LogP contribution in [0.4, 0.5) is 10.1 Å². The lowest BCUT2D eigenvalue weighted by Crippen LogP contribution is -2.26. The second-order valence-corrected chi connectivity index (χ2v) is 5.68. The van der Waals surface area contributed by atoms with Crippen molar-refractivity contribution in [2.75, 3.05) is 12.4 Å². The number of carbonyl (C=O) groups excluding carboxylic acids is 2. The fourth-order valence-corrected chi connectivity index (χ4v) is 2.43. The normalized spacial score (nSPS) is 10.4. The van der Waals surface area contributed by atoms with E-state index in [0.717, 1.165) is 10.7 Å². The Morgan fingerprint density at radius 3 is 2.32 bits per heavy atom. The molecule has 0 fully saturated rings. The lowest BCUT2D eigenvalue weighted by Gasteiger charge is -2.11. The van der Waals surface area contributed by atoms with Crippen LogP contribution in [0.3, 0.4) is 0 Å². The van der Waals surface area contributed by atoms with Crippen molar-refractivity contribution in [1.29, 1.82) is 0 Å². The molecule has 0 radical (unpaired) electrons. The first kappa shape index (κ1) is 18.8. The molecule has 1 heterocycles. The second-order valence-electron chi connectivity index (χ2n) is 5.68. The molecule has 8 nitrogen and oxygen atoms in total. The SMILES string of the molecule is COc1cc(=O)n(-c2ccc(F)cc2)nc1C(=O)Nc1ccc(C(N)=O)cc1. The minimum absolute atomic E-state index is 0.0189. The lowest BCUT2D eigenvalue weighted by atomic mass is 10.2. The van der Waals surface area contributed by atoms with Gasteiger partial charge in [-0.05, 0) is 48.5 Å². The summed E-state index contributed by atoms with van der Waals surface area (Å²) in [5.74, 6) is -1.72. The number of nitrogens with zero attached hydrogens (tertiary/aromatic N) is 2. The van der Waals surface area contributed by atoms with Crippen molar-refractivity contribution in [2.45, 2.75) is 0 Å². The average Bonchev–Trinajstić information content (AvgIpc) is 2.68. The van der Waals surface area contributed by atoms with E-state index >= 15 is 0 Å². The van der Waals surface area contributed by atoms with Gasteiger partial charge < -0.3 is 15.8 Å². The van der Waals surface area contributed by atoms with Crippen LogP contribution in [0.5, 0.6) is 5.75 Å². The number of halogens is 1. The van der Waals surface area contributed by atoms with Gasteiger partial charge in [-0.1, -0.05) is 0 Å². The van der Waals surface area contributed by atoms with Gasteiger partial charge in [0, 0.05) is 11.3 Å². The van der Waals surface area contributed by atoms with Gasteiger partial charge in [-0.25, -0.2) is 4.39 Å². The Hall–Kier alpha value is -4.01. The van der Waals surface area contributed by atoms with E-state index in [1.54, 1.807) is 0 Å². The van der Waals surface area contributed by atoms with Gasteiger partial charge in [0.25, 0.3) is 11.5 Å². The van der Waals surface area contributed by atoms with E-state index in [2.05, 4.69) is 10.4 Å². The van der Waals surface area contributed by atoms with E-state index in [1.165, 1.54) is 55.6 Å². The number of aromatic nitrogens is 2. The van der Waals surface area contributed by atoms with Crippen LogP contribution in [-0.2, 0) is 0 Å². The maximum atomic E-state index is 13.1. The number of primary amides is 1. The number of carbonyl (C=O) groups is 2. The summed E-state index contributed by atoms with van der Waals surface area (Å²) < 4.78 is 19.2. The summed E-state index contributed by atoms with van der Waals surface area (Å²) in [5, 5.41) is 6.65. The van der Waals surface area contributed by atoms with E-state index < -0.39 is 23.2 Å². The first-order valence-electron chi connectivity index (χ1n) is 8.04. The summed E-state index contributed by atoms with van der Waals surface area (Å²) in [5.41, 5.74) is 5.45. The number of hydrogen-bond acceptors (Lipinski definition) is 5. The second kappa shape index (κ2) is 7.70. The molecule has 0 saturated heterocycles. The highest BCUT2D eigenvalue weighted by Gasteiger charge is 2.18. The summed E-state index contributed by atoms with van der Waals surface area (Å²) in [6.07, 6.45) is 0. The predicted octanol–water partition coefficient (Wildman–Crippen LogP) is 1.73. The van der Waals surface area contributed by atoms with Crippen LogP contribution in [0.15, 0.2) is 59.4 Å². The van der Waals surface area contributed by atoms with Crippen LogP contribution in [0, 0.1) is 5.82 Å². The van der Waals surface area contributed by atoms with Crippen molar-refractivity contribution in [3.8, 4) is 11.4 Å². The molecule has 0 aliphatic carbocycles. The van der Waals surface area contributed by atoms with E-state index in [-0.39, 0.29) is 17.1 Å². The molecule has 0 saturated carbocycles. The highest BCUT2D eigenvalue weighted by molar-refractivity contribution is 6.04. The molecule has 9 heteroatoms. The van der Waals surface area contributed by atoms with Crippen molar-refractivity contribution in [1.82, 2.24) is 9.78 Å². The van der Waals surface area contributed by atoms with Gasteiger partial charge in [-0.15, -0.1) is 0 Å². The van der Waals surface area contributed by atoms with Crippen LogP contribution in [-0.4, -0.2) is 28.7 Å². The zero-order chi connectivity index (χ0) is 20.3. The molecule has 142 valence electrons. The molecular formula is C19H15FN4O4. The fraction of sp³-hybridized carbons (Fsp3) is 0.0526. The molecule has 2 amide bonds. The number of rotatable bonds is 5. The fourth-order valence-electron chi connectivity index (χ4n) is 2.43. The zero-order valence-corrected chi connectivity index (χ0v) is 14.7. The van der Waals surface area contributed by atoms with Gasteiger partial charge in [-0.3, -0.25) is 14.4 Å². The van der Waals surface area contributed by atoms with Crippen molar-refractivity contribution in [3.63, 3.8) is 0 Å². The topological polar surface area (TPSA) is 116 Å². The summed E-state index contributed by atoms with van der Waals surface area (Å²) in [7, 11) is 1.30. The molecular weight excluding hydrogens is 367 g/mol. The number of benzene rings is 2. The maximum Gasteiger partial charge on any atom is 0.279 e. The highest BCUT2D eigenvalue weighted by atomic mass is 19.1. The summed E-state index contributed by atoms with van der Waals surface area (Å²) in [6, 6.07) is 12.1. The van der Waals surface area contributed by atoms with Crippen LogP contribution < -0.4 is 21.3 Å². The molecule has 0 atom stereocenters. The third-order valence-electron chi connectivity index (χ3n) is 3.83. The molecule has 0 unspecified atom stereocenters. The van der Waals surface area contributed by atoms with Gasteiger partial charge in [0.05, 0.1) is 18.9 Å². The summed E-state index contributed by atoms with van der Waals surface area (Å²) >= 11 is 0. The number of anilines is 1. The number of ether oxygens (including phenoxy) is 1. The van der Waals surface area contributed by atoms with Crippen LogP contribution >= 0.6 is 0 Å². The average molecular weight is 382 g/mol. The van der Waals surface area contributed by atoms with Gasteiger partial charge in [0.1, 0.15) is 5.82 Å². The van der Waals surface area contributed by atoms with E-state index in [4.69, 9.17) is 10.5 Å². The molecule has 0 spiro atoms. The predicted molar refractivity (Wildman–Crippen MR) is 99.3 cm³/mol. The van der Waals surface area contributed by atoms with Gasteiger partial charge >= 0.3 is 0 Å². The van der Waals surface area contributed by atoms with E-state index in [1.807, 2.05) is 0 Å². The van der Waals surface area contributed by atoms with Gasteiger partial charge in [0.2, 0.25) is 5.91 Å². The lowest BCUT2D eigenvalue weighted by molar-refractivity contribution is 0.0997. The number of nitrogens with one attached hydrogen (secondary N) is 1. The van der Waals surface area contributed by atoms with Crippen LogP contribution in [0.25, 0.3) is 5.69 Å². The Morgan fingerprint density at radius 1 is 1.11 bits per heavy atom. The number of amides is 2. The highest BCUT2D eigenvalue weighted by Crippen LogP contribution is 2.17. The van der Waals surface area contributed by atoms with E-state index in [0.29, 0.717) is 11.3 Å². The Bertz CT molecular complexity index is 1090. The number of hydrogen-bond donors (Lipinski definition) is 2. The first-order valence-corrected chi connectivity index (χ1v) is 8.04. The van der Waals surface area contributed by atoms with Gasteiger partial charge in [0.15, 0.2) is 11.4 Å². The first-order chi connectivity index (χ1) is 13.4. The van der Waals surface area contributed by atoms with E-state index in [9.17, 15) is 18.8 Å². The Morgan fingerprint density at radius 2 is 1.75 bits per heavy atom. The molecule has 28 heavy (non-hydrogen) atoms. The molecule has 3 N–H and O–H groups in total.